The summed E-state index contributed by atoms with van der Waals surface area (Å²) in [5.41, 5.74) is 0.550. The number of aromatic nitrogens is 2. The maximum Gasteiger partial charge on any atom is 0.326 e. The van der Waals surface area contributed by atoms with Crippen LogP contribution in [0.2, 0.25) is 0 Å². The third-order valence-corrected chi connectivity index (χ3v) is 2.23. The zero-order chi connectivity index (χ0) is 10.1. The summed E-state index contributed by atoms with van der Waals surface area (Å²) >= 11 is 0. The fraction of sp³-hybridized carbons (Fsp3) is 0.375. The Labute approximate surface area is 79.0 Å². The number of aromatic amines is 1. The topological polar surface area (TPSA) is 95.1 Å². The Morgan fingerprint density at radius 2 is 2.43 bits per heavy atom. The normalized spacial score (nSPS) is 20.1. The van der Waals surface area contributed by atoms with Crippen LogP contribution < -0.4 is 10.9 Å². The molecule has 0 aromatic carbocycles. The molecule has 0 aliphatic carbocycles. The Balaban J connectivity index is 2.55. The molecule has 1 aliphatic rings. The molecule has 2 heterocycles. The highest BCUT2D eigenvalue weighted by molar-refractivity contribution is 5.75. The van der Waals surface area contributed by atoms with Gasteiger partial charge >= 0.3 is 5.97 Å². The molecule has 1 aromatic heterocycles. The first-order chi connectivity index (χ1) is 6.70. The van der Waals surface area contributed by atoms with E-state index in [-0.39, 0.29) is 5.56 Å². The number of H-pyrrole nitrogens is 1. The average Bonchev–Trinajstić information content (AvgIpc) is 2.17. The summed E-state index contributed by atoms with van der Waals surface area (Å²) in [5, 5.41) is 11.6. The molecule has 1 aromatic rings. The van der Waals surface area contributed by atoms with E-state index in [9.17, 15) is 9.59 Å². The van der Waals surface area contributed by atoms with Crippen molar-refractivity contribution in [2.75, 3.05) is 6.54 Å². The van der Waals surface area contributed by atoms with Gasteiger partial charge in [-0.2, -0.15) is 0 Å². The largest absolute Gasteiger partial charge is 0.480 e. The SMILES string of the molecule is O=C(O)C1NCCc2c1nc[nH]c2=O. The first-order valence-corrected chi connectivity index (χ1v) is 4.23. The van der Waals surface area contributed by atoms with Crippen molar-refractivity contribution in [3.63, 3.8) is 0 Å². The van der Waals surface area contributed by atoms with Crippen molar-refractivity contribution in [1.29, 1.82) is 0 Å². The van der Waals surface area contributed by atoms with Gasteiger partial charge < -0.3 is 10.1 Å². The summed E-state index contributed by atoms with van der Waals surface area (Å²) in [7, 11) is 0. The first kappa shape index (κ1) is 8.89. The summed E-state index contributed by atoms with van der Waals surface area (Å²) in [6, 6.07) is -0.860. The molecule has 74 valence electrons. The Bertz CT molecular complexity index is 426. The summed E-state index contributed by atoms with van der Waals surface area (Å²) in [6.07, 6.45) is 1.74. The number of hydrogen-bond donors (Lipinski definition) is 3. The molecule has 0 spiro atoms. The van der Waals surface area contributed by atoms with Gasteiger partial charge in [0.2, 0.25) is 0 Å². The molecule has 1 aliphatic heterocycles. The second kappa shape index (κ2) is 3.22. The van der Waals surface area contributed by atoms with Gasteiger partial charge in [-0.25, -0.2) is 4.98 Å². The Morgan fingerprint density at radius 1 is 1.64 bits per heavy atom. The smallest absolute Gasteiger partial charge is 0.326 e. The molecule has 6 nitrogen and oxygen atoms in total. The number of carboxylic acids is 1. The predicted octanol–water partition coefficient (Wildman–Crippen LogP) is -0.959. The molecule has 0 saturated heterocycles. The van der Waals surface area contributed by atoms with Crippen LogP contribution in [-0.4, -0.2) is 27.6 Å². The van der Waals surface area contributed by atoms with Crippen LogP contribution in [-0.2, 0) is 11.2 Å². The van der Waals surface area contributed by atoms with Crippen molar-refractivity contribution >= 4 is 5.97 Å². The average molecular weight is 195 g/mol. The number of aliphatic carboxylic acids is 1. The molecule has 14 heavy (non-hydrogen) atoms. The van der Waals surface area contributed by atoms with Gasteiger partial charge in [0.25, 0.3) is 5.56 Å². The van der Waals surface area contributed by atoms with Crippen LogP contribution in [0.15, 0.2) is 11.1 Å². The number of fused-ring (bicyclic) bond motifs is 1. The zero-order valence-electron chi connectivity index (χ0n) is 7.28. The van der Waals surface area contributed by atoms with Crippen molar-refractivity contribution in [1.82, 2.24) is 15.3 Å². The van der Waals surface area contributed by atoms with Crippen molar-refractivity contribution in [2.45, 2.75) is 12.5 Å². The molecule has 0 amide bonds. The van der Waals surface area contributed by atoms with E-state index in [1.54, 1.807) is 0 Å². The van der Waals surface area contributed by atoms with Crippen molar-refractivity contribution in [2.24, 2.45) is 0 Å². The lowest BCUT2D eigenvalue weighted by Gasteiger charge is -2.21. The van der Waals surface area contributed by atoms with Gasteiger partial charge in [-0.15, -0.1) is 0 Å². The lowest BCUT2D eigenvalue weighted by Crippen LogP contribution is -2.38. The van der Waals surface area contributed by atoms with E-state index in [4.69, 9.17) is 5.11 Å². The quantitative estimate of drug-likeness (QED) is 0.536. The summed E-state index contributed by atoms with van der Waals surface area (Å²) in [5.74, 6) is -1.01. The molecule has 0 radical (unpaired) electrons. The highest BCUT2D eigenvalue weighted by atomic mass is 16.4. The van der Waals surface area contributed by atoms with Crippen molar-refractivity contribution in [3.05, 3.63) is 27.9 Å². The molecule has 0 bridgehead atoms. The van der Waals surface area contributed by atoms with Crippen LogP contribution in [0.1, 0.15) is 17.3 Å². The lowest BCUT2D eigenvalue weighted by atomic mass is 10.0. The molecule has 0 fully saturated rings. The van der Waals surface area contributed by atoms with Crippen molar-refractivity contribution in [3.8, 4) is 0 Å². The summed E-state index contributed by atoms with van der Waals surface area (Å²) in [6.45, 7) is 0.485. The van der Waals surface area contributed by atoms with E-state index in [2.05, 4.69) is 15.3 Å². The highest BCUT2D eigenvalue weighted by Crippen LogP contribution is 2.16. The molecule has 1 unspecified atom stereocenters. The number of nitrogens with zero attached hydrogens (tertiary/aromatic N) is 1. The first-order valence-electron chi connectivity index (χ1n) is 4.23. The third kappa shape index (κ3) is 1.29. The molecule has 3 N–H and O–H groups in total. The second-order valence-electron chi connectivity index (χ2n) is 3.07. The maximum atomic E-state index is 11.3. The van der Waals surface area contributed by atoms with E-state index in [1.165, 1.54) is 6.33 Å². The predicted molar refractivity (Wildman–Crippen MR) is 46.9 cm³/mol. The monoisotopic (exact) mass is 195 g/mol. The zero-order valence-corrected chi connectivity index (χ0v) is 7.28. The number of nitrogens with one attached hydrogen (secondary N) is 2. The number of carboxylic acid groups (broad SMARTS) is 1. The fourth-order valence-electron chi connectivity index (χ4n) is 1.57. The van der Waals surface area contributed by atoms with Gasteiger partial charge in [-0.1, -0.05) is 0 Å². The minimum Gasteiger partial charge on any atom is -0.480 e. The number of rotatable bonds is 1. The molecule has 2 rings (SSSR count). The fourth-order valence-corrected chi connectivity index (χ4v) is 1.57. The second-order valence-corrected chi connectivity index (χ2v) is 3.07. The van der Waals surface area contributed by atoms with Gasteiger partial charge in [0.1, 0.15) is 6.04 Å². The standard InChI is InChI=1S/C8H9N3O3/c12-7-4-1-2-9-6(8(13)14)5(4)10-3-11-7/h3,6,9H,1-2H2,(H,13,14)(H,10,11,12). The van der Waals surface area contributed by atoms with Crippen LogP contribution >= 0.6 is 0 Å². The summed E-state index contributed by atoms with van der Waals surface area (Å²) < 4.78 is 0. The molecular weight excluding hydrogens is 186 g/mol. The van der Waals surface area contributed by atoms with Crippen LogP contribution in [0, 0.1) is 0 Å². The highest BCUT2D eigenvalue weighted by Gasteiger charge is 2.28. The van der Waals surface area contributed by atoms with Crippen LogP contribution in [0.3, 0.4) is 0 Å². The van der Waals surface area contributed by atoms with Gasteiger partial charge in [0.15, 0.2) is 0 Å². The van der Waals surface area contributed by atoms with Crippen LogP contribution in [0.5, 0.6) is 0 Å². The van der Waals surface area contributed by atoms with E-state index >= 15 is 0 Å². The van der Waals surface area contributed by atoms with Gasteiger partial charge in [0, 0.05) is 12.1 Å². The molecule has 6 heteroatoms. The Morgan fingerprint density at radius 3 is 3.14 bits per heavy atom. The van der Waals surface area contributed by atoms with E-state index in [0.29, 0.717) is 24.2 Å². The number of hydrogen-bond acceptors (Lipinski definition) is 4. The van der Waals surface area contributed by atoms with E-state index < -0.39 is 12.0 Å². The maximum absolute atomic E-state index is 11.3. The van der Waals surface area contributed by atoms with E-state index in [1.807, 2.05) is 0 Å². The van der Waals surface area contributed by atoms with Crippen LogP contribution in [0.25, 0.3) is 0 Å². The summed E-state index contributed by atoms with van der Waals surface area (Å²) in [4.78, 5) is 28.4. The lowest BCUT2D eigenvalue weighted by molar-refractivity contribution is -0.139. The molecular formula is C8H9N3O3. The Hall–Kier alpha value is -1.69. The van der Waals surface area contributed by atoms with Gasteiger partial charge in [0.05, 0.1) is 12.0 Å². The third-order valence-electron chi connectivity index (χ3n) is 2.23. The van der Waals surface area contributed by atoms with Gasteiger partial charge in [-0.05, 0) is 6.42 Å². The van der Waals surface area contributed by atoms with Crippen molar-refractivity contribution < 1.29 is 9.90 Å². The van der Waals surface area contributed by atoms with E-state index in [0.717, 1.165) is 0 Å². The molecule has 0 saturated carbocycles. The van der Waals surface area contributed by atoms with Gasteiger partial charge in [-0.3, -0.25) is 14.9 Å². The molecule has 1 atom stereocenters. The number of carbonyl (C=O) groups is 1. The minimum absolute atomic E-state index is 0.247. The minimum atomic E-state index is -1.01. The van der Waals surface area contributed by atoms with Crippen LogP contribution in [0.4, 0.5) is 0 Å². The Kier molecular flexibility index (Phi) is 2.05.